The van der Waals surface area contributed by atoms with E-state index in [0.29, 0.717) is 13.0 Å². The molecule has 28 heavy (non-hydrogen) atoms. The summed E-state index contributed by atoms with van der Waals surface area (Å²) in [7, 11) is 1.34. The zero-order chi connectivity index (χ0) is 21.1. The molecule has 10 heteroatoms. The molecule has 0 fully saturated rings. The summed E-state index contributed by atoms with van der Waals surface area (Å²) in [5.74, 6) is -3.35. The smallest absolute Gasteiger partial charge is 0.315 e. The molecule has 0 aromatic rings. The van der Waals surface area contributed by atoms with E-state index in [0.717, 1.165) is 0 Å². The number of nitrogens with one attached hydrogen (secondary N) is 4. The van der Waals surface area contributed by atoms with Gasteiger partial charge in [-0.25, -0.2) is 4.79 Å². The number of aliphatic carboxylic acids is 1. The monoisotopic (exact) mass is 394 g/mol. The highest BCUT2D eigenvalue weighted by molar-refractivity contribution is 5.95. The quantitative estimate of drug-likeness (QED) is 0.382. The van der Waals surface area contributed by atoms with Crippen LogP contribution in [0.4, 0.5) is 4.79 Å². The van der Waals surface area contributed by atoms with Crippen LogP contribution in [0, 0.1) is 5.92 Å². The molecule has 0 spiro atoms. The summed E-state index contributed by atoms with van der Waals surface area (Å²) in [6, 6.07) is -2.38. The zero-order valence-electron chi connectivity index (χ0n) is 15.9. The Kier molecular flexibility index (Phi) is 9.41. The van der Waals surface area contributed by atoms with Crippen molar-refractivity contribution < 1.29 is 29.1 Å². The topological polar surface area (TPSA) is 154 Å². The van der Waals surface area contributed by atoms with E-state index >= 15 is 0 Å². The molecule has 0 saturated heterocycles. The average Bonchev–Trinajstić information content (AvgIpc) is 2.62. The molecule has 1 aliphatic heterocycles. The standard InChI is InChI=1S/C18H26N4O6/c1-11-6-7-15(24)20-8-4-3-5-12(17(27)21-11)9-14(23)13(10-16(25)26)22-18(28)19-2/h3,5-7,11-13H,4,8-10H2,1-2H3,(H,20,24)(H,21,27)(H,25,26)(H2,19,22,28)/b5-3+,7-6+/t11-,12+,13?/m0/s1. The minimum absolute atomic E-state index is 0.265. The lowest BCUT2D eigenvalue weighted by Gasteiger charge is -2.20. The van der Waals surface area contributed by atoms with Gasteiger partial charge >= 0.3 is 12.0 Å². The lowest BCUT2D eigenvalue weighted by Crippen LogP contribution is -2.47. The second-order valence-corrected chi connectivity index (χ2v) is 6.32. The van der Waals surface area contributed by atoms with Crippen LogP contribution in [0.2, 0.25) is 0 Å². The predicted molar refractivity (Wildman–Crippen MR) is 100 cm³/mol. The molecule has 0 aromatic heterocycles. The number of hydrogen-bond donors (Lipinski definition) is 5. The molecule has 3 atom stereocenters. The van der Waals surface area contributed by atoms with Crippen molar-refractivity contribution in [3.05, 3.63) is 24.3 Å². The molecule has 0 radical (unpaired) electrons. The average molecular weight is 394 g/mol. The van der Waals surface area contributed by atoms with Gasteiger partial charge in [-0.3, -0.25) is 19.2 Å². The van der Waals surface area contributed by atoms with Gasteiger partial charge in [-0.2, -0.15) is 0 Å². The van der Waals surface area contributed by atoms with E-state index in [1.54, 1.807) is 19.1 Å². The van der Waals surface area contributed by atoms with Crippen molar-refractivity contribution in [2.45, 2.75) is 38.3 Å². The van der Waals surface area contributed by atoms with E-state index < -0.39 is 48.1 Å². The third-order valence-electron chi connectivity index (χ3n) is 3.94. The lowest BCUT2D eigenvalue weighted by molar-refractivity contribution is -0.139. The first-order chi connectivity index (χ1) is 13.2. The minimum atomic E-state index is -1.25. The highest BCUT2D eigenvalue weighted by Gasteiger charge is 2.28. The van der Waals surface area contributed by atoms with Crippen molar-refractivity contribution in [2.75, 3.05) is 13.6 Å². The van der Waals surface area contributed by atoms with Crippen LogP contribution in [-0.2, 0) is 19.2 Å². The number of carboxylic acids is 1. The van der Waals surface area contributed by atoms with Gasteiger partial charge in [0.15, 0.2) is 5.78 Å². The Morgan fingerprint density at radius 2 is 2.00 bits per heavy atom. The maximum atomic E-state index is 12.6. The zero-order valence-corrected chi connectivity index (χ0v) is 15.9. The molecule has 0 aromatic carbocycles. The first-order valence-corrected chi connectivity index (χ1v) is 8.88. The lowest BCUT2D eigenvalue weighted by atomic mass is 9.95. The summed E-state index contributed by atoms with van der Waals surface area (Å²) in [4.78, 5) is 59.1. The van der Waals surface area contributed by atoms with Gasteiger partial charge in [0.2, 0.25) is 11.8 Å². The second-order valence-electron chi connectivity index (χ2n) is 6.32. The molecule has 1 aliphatic rings. The van der Waals surface area contributed by atoms with E-state index in [1.165, 1.54) is 19.2 Å². The van der Waals surface area contributed by atoms with Gasteiger partial charge in [-0.05, 0) is 13.3 Å². The van der Waals surface area contributed by atoms with Crippen molar-refractivity contribution in [3.63, 3.8) is 0 Å². The summed E-state index contributed by atoms with van der Waals surface area (Å²) < 4.78 is 0. The maximum Gasteiger partial charge on any atom is 0.315 e. The Labute approximate surface area is 162 Å². The van der Waals surface area contributed by atoms with Crippen molar-refractivity contribution in [1.29, 1.82) is 0 Å². The van der Waals surface area contributed by atoms with E-state index in [1.807, 2.05) is 0 Å². The maximum absolute atomic E-state index is 12.6. The van der Waals surface area contributed by atoms with Gasteiger partial charge in [-0.1, -0.05) is 18.2 Å². The van der Waals surface area contributed by atoms with Gasteiger partial charge in [0.05, 0.1) is 18.4 Å². The Hall–Kier alpha value is -3.17. The highest BCUT2D eigenvalue weighted by Crippen LogP contribution is 2.12. The molecule has 5 N–H and O–H groups in total. The Morgan fingerprint density at radius 3 is 2.64 bits per heavy atom. The van der Waals surface area contributed by atoms with Gasteiger partial charge in [0.25, 0.3) is 0 Å². The van der Waals surface area contributed by atoms with Gasteiger partial charge in [-0.15, -0.1) is 0 Å². The van der Waals surface area contributed by atoms with Crippen molar-refractivity contribution >= 4 is 29.6 Å². The van der Waals surface area contributed by atoms with E-state index in [9.17, 15) is 24.0 Å². The minimum Gasteiger partial charge on any atom is -0.481 e. The Morgan fingerprint density at radius 1 is 1.29 bits per heavy atom. The SMILES string of the molecule is CNC(=O)NC(CC(=O)O)C(=O)C[C@H]1/C=C/CCNC(=O)/C=C/[C@H](C)NC1=O. The molecule has 0 saturated carbocycles. The molecule has 0 bridgehead atoms. The highest BCUT2D eigenvalue weighted by atomic mass is 16.4. The van der Waals surface area contributed by atoms with Crippen LogP contribution in [0.5, 0.6) is 0 Å². The number of amides is 4. The molecule has 10 nitrogen and oxygen atoms in total. The number of carbonyl (C=O) groups excluding carboxylic acids is 4. The fraction of sp³-hybridized carbons (Fsp3) is 0.500. The number of carbonyl (C=O) groups is 5. The van der Waals surface area contributed by atoms with Crippen LogP contribution in [0.3, 0.4) is 0 Å². The predicted octanol–water partition coefficient (Wildman–Crippen LogP) is -0.529. The summed E-state index contributed by atoms with van der Waals surface area (Å²) in [5.41, 5.74) is 0. The molecule has 4 amide bonds. The van der Waals surface area contributed by atoms with Crippen LogP contribution in [0.15, 0.2) is 24.3 Å². The second kappa shape index (κ2) is 11.5. The molecule has 1 heterocycles. The van der Waals surface area contributed by atoms with E-state index in [2.05, 4.69) is 21.3 Å². The fourth-order valence-corrected chi connectivity index (χ4v) is 2.47. The van der Waals surface area contributed by atoms with Crippen LogP contribution in [0.1, 0.15) is 26.2 Å². The first-order valence-electron chi connectivity index (χ1n) is 8.88. The van der Waals surface area contributed by atoms with Crippen LogP contribution in [0.25, 0.3) is 0 Å². The number of carboxylic acid groups (broad SMARTS) is 1. The molecule has 1 rings (SSSR count). The van der Waals surface area contributed by atoms with Crippen LogP contribution in [-0.4, -0.2) is 60.4 Å². The number of Topliss-reactive ketones (excluding diaryl/α,β-unsaturated/α-hetero) is 1. The number of ketones is 1. The normalized spacial score (nSPS) is 23.6. The summed E-state index contributed by atoms with van der Waals surface area (Å²) in [6.07, 6.45) is 5.68. The summed E-state index contributed by atoms with van der Waals surface area (Å²) >= 11 is 0. The van der Waals surface area contributed by atoms with Gasteiger partial charge < -0.3 is 26.4 Å². The van der Waals surface area contributed by atoms with Crippen LogP contribution >= 0.6 is 0 Å². The van der Waals surface area contributed by atoms with E-state index in [-0.39, 0.29) is 12.3 Å². The molecule has 0 aliphatic carbocycles. The third kappa shape index (κ3) is 8.47. The van der Waals surface area contributed by atoms with Crippen molar-refractivity contribution in [3.8, 4) is 0 Å². The Balaban J connectivity index is 2.92. The third-order valence-corrected chi connectivity index (χ3v) is 3.94. The molecular weight excluding hydrogens is 368 g/mol. The van der Waals surface area contributed by atoms with Crippen molar-refractivity contribution in [1.82, 2.24) is 21.3 Å². The van der Waals surface area contributed by atoms with Crippen molar-refractivity contribution in [2.24, 2.45) is 5.92 Å². The Bertz CT molecular complexity index is 673. The first kappa shape index (κ1) is 22.9. The summed E-state index contributed by atoms with van der Waals surface area (Å²) in [5, 5.41) is 18.9. The largest absolute Gasteiger partial charge is 0.481 e. The van der Waals surface area contributed by atoms with Gasteiger partial charge in [0, 0.05) is 32.1 Å². The number of urea groups is 1. The number of rotatable bonds is 6. The van der Waals surface area contributed by atoms with E-state index in [4.69, 9.17) is 5.11 Å². The molecular formula is C18H26N4O6. The molecule has 1 unspecified atom stereocenters. The summed E-state index contributed by atoms with van der Waals surface area (Å²) in [6.45, 7) is 2.05. The van der Waals surface area contributed by atoms with Crippen LogP contribution < -0.4 is 21.3 Å². The molecule has 154 valence electrons. The van der Waals surface area contributed by atoms with Gasteiger partial charge in [0.1, 0.15) is 0 Å². The fourth-order valence-electron chi connectivity index (χ4n) is 2.47. The number of hydrogen-bond acceptors (Lipinski definition) is 5.